The van der Waals surface area contributed by atoms with Crippen LogP contribution in [-0.2, 0) is 4.84 Å². The molecule has 0 bridgehead atoms. The highest BCUT2D eigenvalue weighted by molar-refractivity contribution is 4.92. The lowest BCUT2D eigenvalue weighted by Crippen LogP contribution is -2.04. The molecule has 0 aromatic rings. The molecular formula is C4H6NO. The van der Waals surface area contributed by atoms with Gasteiger partial charge in [0.2, 0.25) is 0 Å². The molecule has 0 saturated carbocycles. The van der Waals surface area contributed by atoms with Crippen molar-refractivity contribution in [2.24, 2.45) is 0 Å². The van der Waals surface area contributed by atoms with Crippen LogP contribution in [0.15, 0.2) is 5.57 Å². The second kappa shape index (κ2) is 1.30. The van der Waals surface area contributed by atoms with Gasteiger partial charge in [0.05, 0.1) is 6.54 Å². The molecular weight excluding hydrogens is 78.0 g/mol. The summed E-state index contributed by atoms with van der Waals surface area (Å²) in [5.41, 5.74) is 3.74. The third kappa shape index (κ3) is 0.518. The second-order valence-corrected chi connectivity index (χ2v) is 1.31. The molecule has 2 heteroatoms. The van der Waals surface area contributed by atoms with Crippen LogP contribution in [0.1, 0.15) is 6.92 Å². The van der Waals surface area contributed by atoms with Crippen molar-refractivity contribution in [2.45, 2.75) is 6.92 Å². The van der Waals surface area contributed by atoms with Crippen molar-refractivity contribution in [1.29, 1.82) is 0 Å². The summed E-state index contributed by atoms with van der Waals surface area (Å²) in [7, 11) is 0. The highest BCUT2D eigenvalue weighted by Gasteiger charge is 1.95. The predicted molar refractivity (Wildman–Crippen MR) is 21.5 cm³/mol. The summed E-state index contributed by atoms with van der Waals surface area (Å²) in [4.78, 5) is 4.52. The van der Waals surface area contributed by atoms with E-state index in [1.54, 1.807) is 0 Å². The molecule has 0 aromatic carbocycles. The zero-order valence-electron chi connectivity index (χ0n) is 3.62. The first-order chi connectivity index (χ1) is 2.89. The first kappa shape index (κ1) is 3.68. The molecule has 33 valence electrons. The summed E-state index contributed by atoms with van der Waals surface area (Å²) in [6, 6.07) is 0. The van der Waals surface area contributed by atoms with Crippen molar-refractivity contribution in [2.75, 3.05) is 6.54 Å². The van der Waals surface area contributed by atoms with Crippen LogP contribution in [0.3, 0.4) is 0 Å². The lowest BCUT2D eigenvalue weighted by molar-refractivity contribution is 0.151. The van der Waals surface area contributed by atoms with Crippen LogP contribution in [0.25, 0.3) is 0 Å². The summed E-state index contributed by atoms with van der Waals surface area (Å²) in [6.07, 6.45) is 2.62. The molecule has 1 aliphatic rings. The minimum absolute atomic E-state index is 0.819. The minimum atomic E-state index is 0.819. The monoisotopic (exact) mass is 84.0 g/mol. The third-order valence-electron chi connectivity index (χ3n) is 0.635. The molecule has 6 heavy (non-hydrogen) atoms. The fraction of sp³-hybridized carbons (Fsp3) is 0.500. The van der Waals surface area contributed by atoms with E-state index < -0.39 is 0 Å². The maximum absolute atomic E-state index is 4.52. The number of nitrogens with one attached hydrogen (secondary N) is 1. The highest BCUT2D eigenvalue weighted by atomic mass is 16.6. The number of hydroxylamine groups is 1. The average Bonchev–Trinajstić information content (AvgIpc) is 1.86. The molecule has 0 spiro atoms. The molecule has 0 unspecified atom stereocenters. The van der Waals surface area contributed by atoms with Crippen LogP contribution in [0.2, 0.25) is 0 Å². The van der Waals surface area contributed by atoms with Crippen molar-refractivity contribution < 1.29 is 4.84 Å². The van der Waals surface area contributed by atoms with Gasteiger partial charge in [-0.1, -0.05) is 0 Å². The topological polar surface area (TPSA) is 21.3 Å². The first-order valence-electron chi connectivity index (χ1n) is 1.87. The molecule has 1 radical (unpaired) electrons. The maximum Gasteiger partial charge on any atom is 0.191 e. The Morgan fingerprint density at radius 1 is 2.00 bits per heavy atom. The molecule has 0 atom stereocenters. The number of rotatable bonds is 0. The number of hydrogen-bond acceptors (Lipinski definition) is 2. The Labute approximate surface area is 36.8 Å². The molecule has 1 N–H and O–H groups in total. The van der Waals surface area contributed by atoms with Crippen LogP contribution in [0.4, 0.5) is 0 Å². The van der Waals surface area contributed by atoms with Gasteiger partial charge in [0, 0.05) is 0 Å². The van der Waals surface area contributed by atoms with E-state index in [0.717, 1.165) is 12.1 Å². The minimum Gasteiger partial charge on any atom is -0.404 e. The lowest BCUT2D eigenvalue weighted by Gasteiger charge is -1.83. The molecule has 1 aliphatic heterocycles. The molecule has 0 saturated heterocycles. The third-order valence-corrected chi connectivity index (χ3v) is 0.635. The molecule has 1 rings (SSSR count). The van der Waals surface area contributed by atoms with Crippen molar-refractivity contribution in [1.82, 2.24) is 5.48 Å². The van der Waals surface area contributed by atoms with Crippen molar-refractivity contribution >= 4 is 0 Å². The fourth-order valence-corrected chi connectivity index (χ4v) is 0.304. The van der Waals surface area contributed by atoms with Gasteiger partial charge in [0.1, 0.15) is 0 Å². The van der Waals surface area contributed by atoms with E-state index in [2.05, 4.69) is 16.6 Å². The normalized spacial score (nSPS) is 19.8. The summed E-state index contributed by atoms with van der Waals surface area (Å²) in [5.74, 6) is 0. The Hall–Kier alpha value is -0.500. The van der Waals surface area contributed by atoms with Crippen LogP contribution in [0.5, 0.6) is 0 Å². The van der Waals surface area contributed by atoms with Gasteiger partial charge in [-0.3, -0.25) is 0 Å². The van der Waals surface area contributed by atoms with Crippen molar-refractivity contribution in [3.63, 3.8) is 0 Å². The Kier molecular flexibility index (Phi) is 0.801. The Balaban J connectivity index is 2.45. The van der Waals surface area contributed by atoms with Gasteiger partial charge in [-0.25, -0.2) is 0 Å². The van der Waals surface area contributed by atoms with Crippen molar-refractivity contribution in [3.05, 3.63) is 11.8 Å². The van der Waals surface area contributed by atoms with Crippen LogP contribution in [-0.4, -0.2) is 6.54 Å². The smallest absolute Gasteiger partial charge is 0.191 e. The largest absolute Gasteiger partial charge is 0.404 e. The molecule has 2 nitrogen and oxygen atoms in total. The molecule has 0 amide bonds. The van der Waals surface area contributed by atoms with Gasteiger partial charge in [-0.05, 0) is 12.5 Å². The Morgan fingerprint density at radius 2 is 2.83 bits per heavy atom. The van der Waals surface area contributed by atoms with E-state index in [1.165, 1.54) is 0 Å². The van der Waals surface area contributed by atoms with Gasteiger partial charge in [0.15, 0.2) is 6.26 Å². The van der Waals surface area contributed by atoms with Gasteiger partial charge in [-0.15, -0.1) is 0 Å². The maximum atomic E-state index is 4.52. The van der Waals surface area contributed by atoms with E-state index in [4.69, 9.17) is 0 Å². The van der Waals surface area contributed by atoms with Gasteiger partial charge >= 0.3 is 0 Å². The zero-order valence-corrected chi connectivity index (χ0v) is 3.62. The van der Waals surface area contributed by atoms with Gasteiger partial charge < -0.3 is 4.84 Å². The summed E-state index contributed by atoms with van der Waals surface area (Å²) in [5, 5.41) is 0. The first-order valence-corrected chi connectivity index (χ1v) is 1.87. The fourth-order valence-electron chi connectivity index (χ4n) is 0.304. The predicted octanol–water partition coefficient (Wildman–Crippen LogP) is 0.228. The number of hydrogen-bond donors (Lipinski definition) is 1. The summed E-state index contributed by atoms with van der Waals surface area (Å²) in [6.45, 7) is 2.78. The second-order valence-electron chi connectivity index (χ2n) is 1.31. The zero-order chi connectivity index (χ0) is 4.41. The van der Waals surface area contributed by atoms with E-state index in [0.29, 0.717) is 0 Å². The van der Waals surface area contributed by atoms with E-state index >= 15 is 0 Å². The molecule has 0 fully saturated rings. The standard InChI is InChI=1S/C4H6NO/c1-4-2-5-6-3-4/h5H,2H2,1H3. The van der Waals surface area contributed by atoms with Gasteiger partial charge in [-0.2, -0.15) is 5.48 Å². The van der Waals surface area contributed by atoms with E-state index in [9.17, 15) is 0 Å². The highest BCUT2D eigenvalue weighted by Crippen LogP contribution is 1.93. The molecule has 0 aromatic heterocycles. The van der Waals surface area contributed by atoms with Crippen LogP contribution in [0, 0.1) is 6.26 Å². The Bertz CT molecular complexity index is 77.6. The van der Waals surface area contributed by atoms with E-state index in [1.807, 2.05) is 6.92 Å². The average molecular weight is 84.1 g/mol. The SMILES string of the molecule is CC1=[C]ONC1. The lowest BCUT2D eigenvalue weighted by atomic mass is 10.4. The van der Waals surface area contributed by atoms with Gasteiger partial charge in [0.25, 0.3) is 0 Å². The quantitative estimate of drug-likeness (QED) is 0.453. The van der Waals surface area contributed by atoms with Crippen LogP contribution < -0.4 is 5.48 Å². The molecule has 0 aliphatic carbocycles. The van der Waals surface area contributed by atoms with Crippen LogP contribution >= 0.6 is 0 Å². The Morgan fingerprint density at radius 3 is 3.00 bits per heavy atom. The van der Waals surface area contributed by atoms with E-state index in [-0.39, 0.29) is 0 Å². The molecule has 1 heterocycles. The summed E-state index contributed by atoms with van der Waals surface area (Å²) < 4.78 is 0. The van der Waals surface area contributed by atoms with Crippen molar-refractivity contribution in [3.8, 4) is 0 Å². The summed E-state index contributed by atoms with van der Waals surface area (Å²) >= 11 is 0.